The van der Waals surface area contributed by atoms with Gasteiger partial charge < -0.3 is 24.3 Å². The quantitative estimate of drug-likeness (QED) is 0.148. The molecule has 3 saturated heterocycles. The van der Waals surface area contributed by atoms with E-state index in [1.165, 1.54) is 0 Å². The highest BCUT2D eigenvalue weighted by atomic mass is 35.5. The first-order valence-corrected chi connectivity index (χ1v) is 20.9. The van der Waals surface area contributed by atoms with Crippen molar-refractivity contribution < 1.29 is 41.8 Å². The maximum absolute atomic E-state index is 14.9. The van der Waals surface area contributed by atoms with Crippen molar-refractivity contribution in [2.75, 3.05) is 33.3 Å². The van der Waals surface area contributed by atoms with E-state index in [2.05, 4.69) is 20.2 Å². The number of hydrogen-bond acceptors (Lipinski definition) is 9. The molecular weight excluding hydrogens is 822 g/mol. The first-order chi connectivity index (χ1) is 28.8. The second-order valence-corrected chi connectivity index (χ2v) is 17.4. The summed E-state index contributed by atoms with van der Waals surface area (Å²) in [6.07, 6.45) is -1.29. The number of ether oxygens (including phenoxy) is 2. The molecule has 0 unspecified atom stereocenters. The lowest BCUT2D eigenvalue weighted by atomic mass is 9.88. The third-order valence-corrected chi connectivity index (χ3v) is 13.7. The third-order valence-electron chi connectivity index (χ3n) is 13.0. The van der Waals surface area contributed by atoms with E-state index in [-0.39, 0.29) is 70.0 Å². The Balaban J connectivity index is 0.922. The largest absolute Gasteiger partial charge is 0.481 e. The first kappa shape index (κ1) is 39.3. The van der Waals surface area contributed by atoms with Crippen LogP contribution >= 0.6 is 23.2 Å². The molecule has 16 heteroatoms. The van der Waals surface area contributed by atoms with Gasteiger partial charge in [0.2, 0.25) is 23.6 Å². The minimum Gasteiger partial charge on any atom is -0.481 e. The number of pyridine rings is 1. The molecule has 60 heavy (non-hydrogen) atoms. The fourth-order valence-corrected chi connectivity index (χ4v) is 10.8. The summed E-state index contributed by atoms with van der Waals surface area (Å²) in [5, 5.41) is 13.3. The minimum absolute atomic E-state index is 0.0273. The molecule has 3 fully saturated rings. The molecule has 2 aliphatic carbocycles. The van der Waals surface area contributed by atoms with Crippen LogP contribution in [0, 0.1) is 5.92 Å². The summed E-state index contributed by atoms with van der Waals surface area (Å²) in [5.41, 5.74) is 4.08. The van der Waals surface area contributed by atoms with E-state index in [9.17, 15) is 27.9 Å². The lowest BCUT2D eigenvalue weighted by molar-refractivity contribution is -0.141. The second kappa shape index (κ2) is 14.6. The monoisotopic (exact) mass is 861 g/mol. The molecule has 11 nitrogen and oxygen atoms in total. The number of aliphatic carboxylic acids is 1. The maximum Gasteiger partial charge on any atom is 0.420 e. The molecule has 1 spiro atoms. The second-order valence-electron chi connectivity index (χ2n) is 16.7. The van der Waals surface area contributed by atoms with Crippen molar-refractivity contribution in [1.82, 2.24) is 25.1 Å². The fourth-order valence-electron chi connectivity index (χ4n) is 10.3. The predicted octanol–water partition coefficient (Wildman–Crippen LogP) is 8.82. The van der Waals surface area contributed by atoms with Crippen LogP contribution in [0.25, 0.3) is 33.7 Å². The molecule has 5 aromatic rings. The number of alkyl halides is 3. The number of carbonyl (C=O) groups is 2. The molecule has 1 amide bonds. The highest BCUT2D eigenvalue weighted by Crippen LogP contribution is 2.50. The predicted molar refractivity (Wildman–Crippen MR) is 216 cm³/mol. The van der Waals surface area contributed by atoms with Crippen LogP contribution in [0.3, 0.4) is 0 Å². The lowest BCUT2D eigenvalue weighted by Gasteiger charge is -2.48. The summed E-state index contributed by atoms with van der Waals surface area (Å²) in [5.74, 6) is -0.713. The van der Waals surface area contributed by atoms with Gasteiger partial charge in [0.25, 0.3) is 0 Å². The SMILES string of the molecule is COc1nc(O[C@H]2CCc3c(-c4cccc(-c5nc6cc7c(c(C(F)(F)F)c6o5)CC[C@H]7N5CC[C@@H](C(=O)O)C5)c4Cl)cccc32)c(Cl)cc1CN1CC2(CCC(=O)N2)C1. The number of methoxy groups -OCH3 is 1. The fraction of sp³-hybridized carbons (Fsp3) is 0.409. The molecule has 3 atom stereocenters. The molecule has 312 valence electrons. The Morgan fingerprint density at radius 3 is 2.48 bits per heavy atom. The van der Waals surface area contributed by atoms with Gasteiger partial charge in [0.1, 0.15) is 22.2 Å². The third kappa shape index (κ3) is 6.66. The number of aromatic nitrogens is 2. The van der Waals surface area contributed by atoms with Gasteiger partial charge in [-0.25, -0.2) is 4.98 Å². The number of rotatable bonds is 9. The molecular formula is C44H40Cl2F3N5O6. The number of nitrogens with one attached hydrogen (secondary N) is 1. The van der Waals surface area contributed by atoms with Crippen LogP contribution in [-0.4, -0.2) is 75.6 Å². The van der Waals surface area contributed by atoms with Crippen LogP contribution in [0.5, 0.6) is 11.8 Å². The molecule has 0 bridgehead atoms. The van der Waals surface area contributed by atoms with Gasteiger partial charge in [-0.1, -0.05) is 53.5 Å². The molecule has 10 rings (SSSR count). The van der Waals surface area contributed by atoms with E-state index in [1.54, 1.807) is 25.3 Å². The van der Waals surface area contributed by atoms with Crippen molar-refractivity contribution in [3.05, 3.63) is 92.0 Å². The zero-order chi connectivity index (χ0) is 41.7. The standard InChI is InChI=1S/C44H40Cl2F3N5O6/c1-58-39-23(18-53-20-43(21-53)14-12-35(55)52-43)16-31(45)41(51-39)59-34-11-9-25-24(4-2-5-26(25)34)28-6-3-7-29(37(28)46)40-50-32-17-30-27(36(38(32)60-40)44(47,48)49)8-10-33(30)54-15-13-22(19-54)42(56)57/h2-7,16-17,22,33-34H,8-15,18-21H2,1H3,(H,52,55)(H,56,57)/t22-,33-,34+/m1/s1. The summed E-state index contributed by atoms with van der Waals surface area (Å²) in [6.45, 7) is 2.85. The van der Waals surface area contributed by atoms with Gasteiger partial charge in [-0.15, -0.1) is 0 Å². The van der Waals surface area contributed by atoms with Gasteiger partial charge in [0.15, 0.2) is 5.58 Å². The number of likely N-dealkylation sites (tertiary alicyclic amines) is 2. The summed E-state index contributed by atoms with van der Waals surface area (Å²) in [7, 11) is 1.56. The van der Waals surface area contributed by atoms with Gasteiger partial charge in [-0.2, -0.15) is 18.2 Å². The van der Waals surface area contributed by atoms with E-state index in [0.717, 1.165) is 41.8 Å². The highest BCUT2D eigenvalue weighted by molar-refractivity contribution is 6.36. The van der Waals surface area contributed by atoms with Crippen LogP contribution in [0.1, 0.15) is 77.6 Å². The molecule has 2 N–H and O–H groups in total. The zero-order valence-electron chi connectivity index (χ0n) is 32.5. The first-order valence-electron chi connectivity index (χ1n) is 20.1. The van der Waals surface area contributed by atoms with Crippen molar-refractivity contribution in [2.24, 2.45) is 5.92 Å². The average Bonchev–Trinajstić information content (AvgIpc) is 4.05. The van der Waals surface area contributed by atoms with Crippen molar-refractivity contribution in [3.8, 4) is 34.3 Å². The smallest absolute Gasteiger partial charge is 0.420 e. The molecule has 2 aromatic heterocycles. The Morgan fingerprint density at radius 2 is 1.75 bits per heavy atom. The van der Waals surface area contributed by atoms with E-state index < -0.39 is 23.6 Å². The Morgan fingerprint density at radius 1 is 0.983 bits per heavy atom. The highest BCUT2D eigenvalue weighted by Gasteiger charge is 2.48. The van der Waals surface area contributed by atoms with Gasteiger partial charge >= 0.3 is 12.1 Å². The van der Waals surface area contributed by atoms with E-state index in [4.69, 9.17) is 37.1 Å². The number of nitrogens with zero attached hydrogens (tertiary/aromatic N) is 4. The van der Waals surface area contributed by atoms with E-state index >= 15 is 0 Å². The number of oxazole rings is 1. The molecule has 3 aliphatic heterocycles. The number of carboxylic acid groups (broad SMARTS) is 1. The Bertz CT molecular complexity index is 2590. The molecule has 0 saturated carbocycles. The molecule has 5 heterocycles. The van der Waals surface area contributed by atoms with Crippen LogP contribution < -0.4 is 14.8 Å². The zero-order valence-corrected chi connectivity index (χ0v) is 34.0. The molecule has 0 radical (unpaired) electrons. The summed E-state index contributed by atoms with van der Waals surface area (Å²) in [4.78, 5) is 36.9. The van der Waals surface area contributed by atoms with Gasteiger partial charge in [-0.05, 0) is 91.1 Å². The van der Waals surface area contributed by atoms with Gasteiger partial charge in [0.05, 0.1) is 29.2 Å². The summed E-state index contributed by atoms with van der Waals surface area (Å²) >= 11 is 13.9. The summed E-state index contributed by atoms with van der Waals surface area (Å²) < 4.78 is 62.8. The van der Waals surface area contributed by atoms with E-state index in [0.29, 0.717) is 72.8 Å². The van der Waals surface area contributed by atoms with Crippen molar-refractivity contribution in [1.29, 1.82) is 0 Å². The van der Waals surface area contributed by atoms with Crippen molar-refractivity contribution >= 4 is 46.2 Å². The molecule has 3 aromatic carbocycles. The van der Waals surface area contributed by atoms with Crippen LogP contribution in [0.2, 0.25) is 10.0 Å². The Hall–Kier alpha value is -4.89. The number of benzene rings is 3. The number of hydrogen-bond donors (Lipinski definition) is 2. The summed E-state index contributed by atoms with van der Waals surface area (Å²) in [6, 6.07) is 14.3. The number of carbonyl (C=O) groups excluding carboxylic acids is 1. The number of halogens is 5. The Kier molecular flexibility index (Phi) is 9.58. The number of amides is 1. The van der Waals surface area contributed by atoms with Crippen molar-refractivity contribution in [3.63, 3.8) is 0 Å². The van der Waals surface area contributed by atoms with Crippen molar-refractivity contribution in [2.45, 2.75) is 75.4 Å². The minimum atomic E-state index is -4.71. The number of fused-ring (bicyclic) bond motifs is 3. The van der Waals surface area contributed by atoms with Crippen LogP contribution in [0.4, 0.5) is 13.2 Å². The number of carboxylic acids is 1. The Labute approximate surface area is 352 Å². The van der Waals surface area contributed by atoms with Gasteiger partial charge in [0, 0.05) is 49.8 Å². The normalized spacial score (nSPS) is 22.3. The van der Waals surface area contributed by atoms with E-state index in [1.807, 2.05) is 35.2 Å². The average molecular weight is 863 g/mol. The van der Waals surface area contributed by atoms with Gasteiger partial charge in [-0.3, -0.25) is 19.4 Å². The lowest BCUT2D eigenvalue weighted by Crippen LogP contribution is -2.66. The molecule has 5 aliphatic rings. The topological polar surface area (TPSA) is 130 Å². The van der Waals surface area contributed by atoms with Crippen LogP contribution in [-0.2, 0) is 35.2 Å². The van der Waals surface area contributed by atoms with Crippen LogP contribution in [0.15, 0.2) is 52.9 Å². The maximum atomic E-state index is 14.9.